The molecule has 1 heterocycles. The molecule has 5 heteroatoms. The highest BCUT2D eigenvalue weighted by Crippen LogP contribution is 2.32. The first-order valence-electron chi connectivity index (χ1n) is 8.33. The van der Waals surface area contributed by atoms with Gasteiger partial charge in [-0.2, -0.15) is 0 Å². The van der Waals surface area contributed by atoms with E-state index in [9.17, 15) is 4.79 Å². The van der Waals surface area contributed by atoms with Crippen LogP contribution in [-0.4, -0.2) is 31.7 Å². The number of carbonyl (C=O) groups is 1. The average molecular weight is 327 g/mol. The fraction of sp³-hybridized carbons (Fsp3) is 0.421. The number of hydrogen-bond donors (Lipinski definition) is 2. The van der Waals surface area contributed by atoms with Gasteiger partial charge in [-0.05, 0) is 44.3 Å². The fourth-order valence-electron chi connectivity index (χ4n) is 2.92. The lowest BCUT2D eigenvalue weighted by molar-refractivity contribution is 0.0994. The number of hydrogen-bond acceptors (Lipinski definition) is 4. The van der Waals surface area contributed by atoms with Gasteiger partial charge >= 0.3 is 0 Å². The molecule has 1 amide bonds. The molecule has 0 aromatic heterocycles. The molecule has 2 aromatic rings. The lowest BCUT2D eigenvalue weighted by Gasteiger charge is -2.16. The molecule has 3 N–H and O–H groups in total. The average Bonchev–Trinajstić information content (AvgIpc) is 3.05. The van der Waals surface area contributed by atoms with Crippen LogP contribution in [0.25, 0.3) is 10.8 Å². The Morgan fingerprint density at radius 3 is 2.92 bits per heavy atom. The molecule has 0 aliphatic carbocycles. The highest BCUT2D eigenvalue weighted by Gasteiger charge is 2.18. The summed E-state index contributed by atoms with van der Waals surface area (Å²) in [6, 6.07) is 10.6. The monoisotopic (exact) mass is 327 g/mol. The number of nitrogens with two attached hydrogens (primary N) is 1. The van der Waals surface area contributed by atoms with Crippen molar-refractivity contribution in [3.8, 4) is 11.5 Å². The molecule has 0 unspecified atom stereocenters. The number of amides is 1. The molecular formula is C19H23N2O3. The van der Waals surface area contributed by atoms with Crippen LogP contribution in [0.2, 0.25) is 0 Å². The third-order valence-corrected chi connectivity index (χ3v) is 4.09. The van der Waals surface area contributed by atoms with E-state index in [1.807, 2.05) is 38.1 Å². The Hall–Kier alpha value is -2.27. The maximum Gasteiger partial charge on any atom is 0.253 e. The minimum Gasteiger partial charge on any atom is -0.493 e. The van der Waals surface area contributed by atoms with E-state index in [1.54, 1.807) is 0 Å². The van der Waals surface area contributed by atoms with Gasteiger partial charge in [-0.3, -0.25) is 4.79 Å². The van der Waals surface area contributed by atoms with Crippen LogP contribution in [0.1, 0.15) is 30.6 Å². The van der Waals surface area contributed by atoms with E-state index in [4.69, 9.17) is 15.2 Å². The SMILES string of the molecule is CC(C)Oc1cc2c(OC[C@@H]3CCNC3)cccc2[c]c1C(N)=O. The molecule has 1 aliphatic heterocycles. The molecule has 2 aromatic carbocycles. The number of carbonyl (C=O) groups excluding carboxylic acids is 1. The molecule has 1 aliphatic rings. The van der Waals surface area contributed by atoms with Crippen molar-refractivity contribution in [2.75, 3.05) is 19.7 Å². The lowest BCUT2D eigenvalue weighted by Crippen LogP contribution is -2.16. The molecule has 1 fully saturated rings. The zero-order valence-electron chi connectivity index (χ0n) is 14.1. The van der Waals surface area contributed by atoms with E-state index in [2.05, 4.69) is 11.4 Å². The smallest absolute Gasteiger partial charge is 0.253 e. The van der Waals surface area contributed by atoms with E-state index >= 15 is 0 Å². The molecule has 1 saturated heterocycles. The second-order valence-corrected chi connectivity index (χ2v) is 6.43. The topological polar surface area (TPSA) is 73.6 Å². The van der Waals surface area contributed by atoms with E-state index < -0.39 is 5.91 Å². The molecular weight excluding hydrogens is 304 g/mol. The number of primary amides is 1. The van der Waals surface area contributed by atoms with Crippen molar-refractivity contribution >= 4 is 16.7 Å². The van der Waals surface area contributed by atoms with Gasteiger partial charge in [-0.25, -0.2) is 0 Å². The first kappa shape index (κ1) is 16.6. The molecule has 24 heavy (non-hydrogen) atoms. The van der Waals surface area contributed by atoms with Gasteiger partial charge in [0, 0.05) is 23.9 Å². The maximum atomic E-state index is 11.7. The zero-order valence-corrected chi connectivity index (χ0v) is 14.1. The molecule has 127 valence electrons. The number of fused-ring (bicyclic) bond motifs is 1. The summed E-state index contributed by atoms with van der Waals surface area (Å²) in [5.41, 5.74) is 5.74. The van der Waals surface area contributed by atoms with Crippen LogP contribution in [0.3, 0.4) is 0 Å². The second kappa shape index (κ2) is 7.09. The normalized spacial score (nSPS) is 17.4. The Morgan fingerprint density at radius 2 is 2.25 bits per heavy atom. The van der Waals surface area contributed by atoms with Crippen molar-refractivity contribution in [2.45, 2.75) is 26.4 Å². The van der Waals surface area contributed by atoms with Crippen molar-refractivity contribution < 1.29 is 14.3 Å². The third kappa shape index (κ3) is 3.62. The summed E-state index contributed by atoms with van der Waals surface area (Å²) in [4.78, 5) is 11.7. The quantitative estimate of drug-likeness (QED) is 0.855. The summed E-state index contributed by atoms with van der Waals surface area (Å²) < 4.78 is 11.8. The van der Waals surface area contributed by atoms with Crippen LogP contribution >= 0.6 is 0 Å². The summed E-state index contributed by atoms with van der Waals surface area (Å²) in [6.07, 6.45) is 1.07. The van der Waals surface area contributed by atoms with Crippen LogP contribution in [0.15, 0.2) is 24.3 Å². The summed E-state index contributed by atoms with van der Waals surface area (Å²) in [6.45, 7) is 6.52. The van der Waals surface area contributed by atoms with Gasteiger partial charge in [-0.1, -0.05) is 12.1 Å². The standard InChI is InChI=1S/C19H23N2O3/c1-12(2)24-18-9-15-14(8-16(18)19(20)22)4-3-5-17(15)23-11-13-6-7-21-10-13/h3-5,9,12-13,21H,6-7,10-11H2,1-2H3,(H2,20,22)/t13-/m1/s1. The first-order valence-corrected chi connectivity index (χ1v) is 8.33. The Morgan fingerprint density at radius 1 is 1.42 bits per heavy atom. The van der Waals surface area contributed by atoms with E-state index in [1.165, 1.54) is 0 Å². The molecule has 5 nitrogen and oxygen atoms in total. The lowest BCUT2D eigenvalue weighted by atomic mass is 10.0. The third-order valence-electron chi connectivity index (χ3n) is 4.09. The molecule has 0 saturated carbocycles. The van der Waals surface area contributed by atoms with Gasteiger partial charge in [0.1, 0.15) is 11.5 Å². The number of rotatable bonds is 6. The Bertz CT molecular complexity index is 737. The number of benzene rings is 2. The van der Waals surface area contributed by atoms with Crippen LogP contribution in [-0.2, 0) is 0 Å². The fourth-order valence-corrected chi connectivity index (χ4v) is 2.92. The van der Waals surface area contributed by atoms with Crippen molar-refractivity contribution in [1.82, 2.24) is 5.32 Å². The minimum atomic E-state index is -0.545. The Balaban J connectivity index is 1.95. The molecule has 3 rings (SSSR count). The summed E-state index contributed by atoms with van der Waals surface area (Å²) >= 11 is 0. The van der Waals surface area contributed by atoms with Crippen molar-refractivity contribution in [1.29, 1.82) is 0 Å². The zero-order chi connectivity index (χ0) is 17.1. The van der Waals surface area contributed by atoms with E-state index in [-0.39, 0.29) is 11.7 Å². The molecule has 1 atom stereocenters. The van der Waals surface area contributed by atoms with Crippen molar-refractivity contribution in [2.24, 2.45) is 11.7 Å². The maximum absolute atomic E-state index is 11.7. The van der Waals surface area contributed by atoms with Gasteiger partial charge in [0.15, 0.2) is 0 Å². The predicted octanol–water partition coefficient (Wildman–Crippen LogP) is 2.51. The van der Waals surface area contributed by atoms with Crippen LogP contribution in [0, 0.1) is 12.0 Å². The predicted molar refractivity (Wildman–Crippen MR) is 93.5 cm³/mol. The van der Waals surface area contributed by atoms with E-state index in [0.717, 1.165) is 36.0 Å². The highest BCUT2D eigenvalue weighted by molar-refractivity contribution is 6.01. The first-order chi connectivity index (χ1) is 11.5. The van der Waals surface area contributed by atoms with Crippen molar-refractivity contribution in [3.63, 3.8) is 0 Å². The minimum absolute atomic E-state index is 0.0633. The van der Waals surface area contributed by atoms with Gasteiger partial charge < -0.3 is 20.5 Å². The molecule has 0 spiro atoms. The summed E-state index contributed by atoms with van der Waals surface area (Å²) in [5, 5.41) is 5.01. The van der Waals surface area contributed by atoms with Crippen LogP contribution in [0.5, 0.6) is 11.5 Å². The van der Waals surface area contributed by atoms with Crippen LogP contribution in [0.4, 0.5) is 0 Å². The summed E-state index contributed by atoms with van der Waals surface area (Å²) in [7, 11) is 0. The van der Waals surface area contributed by atoms with Crippen molar-refractivity contribution in [3.05, 3.63) is 35.9 Å². The Labute approximate surface area is 142 Å². The van der Waals surface area contributed by atoms with Gasteiger partial charge in [-0.15, -0.1) is 0 Å². The number of ether oxygens (including phenoxy) is 2. The van der Waals surface area contributed by atoms with Crippen LogP contribution < -0.4 is 20.5 Å². The Kier molecular flexibility index (Phi) is 4.90. The molecule has 1 radical (unpaired) electrons. The highest BCUT2D eigenvalue weighted by atomic mass is 16.5. The largest absolute Gasteiger partial charge is 0.493 e. The second-order valence-electron chi connectivity index (χ2n) is 6.43. The summed E-state index contributed by atoms with van der Waals surface area (Å²) in [5.74, 6) is 1.21. The number of nitrogens with one attached hydrogen (secondary N) is 1. The van der Waals surface area contributed by atoms with Gasteiger partial charge in [0.25, 0.3) is 5.91 Å². The van der Waals surface area contributed by atoms with E-state index in [0.29, 0.717) is 18.3 Å². The molecule has 0 bridgehead atoms. The van der Waals surface area contributed by atoms with Gasteiger partial charge in [0.05, 0.1) is 18.3 Å². The van der Waals surface area contributed by atoms with Gasteiger partial charge in [0.2, 0.25) is 0 Å².